The molecule has 2 heteroatoms. The maximum atomic E-state index is 10.3. The van der Waals surface area contributed by atoms with E-state index < -0.39 is 5.60 Å². The summed E-state index contributed by atoms with van der Waals surface area (Å²) in [5, 5.41) is 10.3. The average Bonchev–Trinajstić information content (AvgIpc) is 2.48. The van der Waals surface area contributed by atoms with Crippen LogP contribution in [0.2, 0.25) is 0 Å². The lowest BCUT2D eigenvalue weighted by Gasteiger charge is -2.24. The van der Waals surface area contributed by atoms with Crippen LogP contribution in [0.5, 0.6) is 0 Å². The highest BCUT2D eigenvalue weighted by molar-refractivity contribution is 5.23. The van der Waals surface area contributed by atoms with Crippen LogP contribution in [-0.2, 0) is 6.42 Å². The highest BCUT2D eigenvalue weighted by atomic mass is 16.3. The Bertz CT molecular complexity index is 345. The smallest absolute Gasteiger partial charge is 0.0912 e. The predicted octanol–water partition coefficient (Wildman–Crippen LogP) is 2.10. The van der Waals surface area contributed by atoms with Gasteiger partial charge in [0, 0.05) is 18.3 Å². The topological polar surface area (TPSA) is 33.1 Å². The summed E-state index contributed by atoms with van der Waals surface area (Å²) < 4.78 is 0. The Morgan fingerprint density at radius 2 is 2.36 bits per heavy atom. The van der Waals surface area contributed by atoms with Crippen molar-refractivity contribution in [3.63, 3.8) is 0 Å². The van der Waals surface area contributed by atoms with Crippen LogP contribution in [0.4, 0.5) is 0 Å². The molecule has 74 valence electrons. The van der Waals surface area contributed by atoms with E-state index in [9.17, 15) is 5.11 Å². The van der Waals surface area contributed by atoms with Gasteiger partial charge in [-0.3, -0.25) is 4.98 Å². The van der Waals surface area contributed by atoms with Gasteiger partial charge in [0.25, 0.3) is 0 Å². The normalized spacial score (nSPS) is 26.3. The fraction of sp³-hybridized carbons (Fsp3) is 0.417. The molecule has 0 aliphatic heterocycles. The molecule has 0 spiro atoms. The molecular formula is C12H15NO. The highest BCUT2D eigenvalue weighted by Gasteiger charge is 2.32. The molecule has 0 aromatic carbocycles. The number of pyridine rings is 1. The van der Waals surface area contributed by atoms with E-state index >= 15 is 0 Å². The molecule has 2 nitrogen and oxygen atoms in total. The molecule has 0 amide bonds. The predicted molar refractivity (Wildman–Crippen MR) is 55.9 cm³/mol. The summed E-state index contributed by atoms with van der Waals surface area (Å²) in [5.41, 5.74) is 1.40. The van der Waals surface area contributed by atoms with Gasteiger partial charge in [0.15, 0.2) is 0 Å². The summed E-state index contributed by atoms with van der Waals surface area (Å²) in [4.78, 5) is 4.23. The second-order valence-electron chi connectivity index (χ2n) is 3.96. The van der Waals surface area contributed by atoms with E-state index in [1.54, 1.807) is 6.20 Å². The molecule has 0 saturated carbocycles. The van der Waals surface area contributed by atoms with E-state index in [2.05, 4.69) is 11.1 Å². The van der Waals surface area contributed by atoms with E-state index in [1.807, 2.05) is 25.1 Å². The van der Waals surface area contributed by atoms with Crippen molar-refractivity contribution in [2.24, 2.45) is 0 Å². The molecule has 1 N–H and O–H groups in total. The maximum Gasteiger partial charge on any atom is 0.0912 e. The van der Waals surface area contributed by atoms with Gasteiger partial charge in [-0.1, -0.05) is 12.1 Å². The lowest BCUT2D eigenvalue weighted by Crippen LogP contribution is -2.30. The van der Waals surface area contributed by atoms with Gasteiger partial charge in [-0.2, -0.15) is 0 Å². The Labute approximate surface area is 84.3 Å². The maximum absolute atomic E-state index is 10.3. The second kappa shape index (κ2) is 3.54. The summed E-state index contributed by atoms with van der Waals surface area (Å²) in [5.74, 6) is 0. The minimum absolute atomic E-state index is 0.635. The van der Waals surface area contributed by atoms with Crippen LogP contribution in [0.15, 0.2) is 36.0 Å². The Kier molecular flexibility index (Phi) is 2.38. The van der Waals surface area contributed by atoms with Gasteiger partial charge in [0.2, 0.25) is 0 Å². The van der Waals surface area contributed by atoms with Crippen molar-refractivity contribution in [3.8, 4) is 0 Å². The summed E-state index contributed by atoms with van der Waals surface area (Å²) >= 11 is 0. The summed E-state index contributed by atoms with van der Waals surface area (Å²) in [6.45, 7) is 2.00. The van der Waals surface area contributed by atoms with E-state index in [1.165, 1.54) is 0 Å². The van der Waals surface area contributed by atoms with Gasteiger partial charge in [-0.25, -0.2) is 0 Å². The number of nitrogens with zero attached hydrogens (tertiary/aromatic N) is 1. The molecular weight excluding hydrogens is 174 g/mol. The van der Waals surface area contributed by atoms with Crippen LogP contribution in [-0.4, -0.2) is 15.7 Å². The van der Waals surface area contributed by atoms with Crippen molar-refractivity contribution in [2.45, 2.75) is 31.8 Å². The first-order chi connectivity index (χ1) is 6.71. The number of allylic oxidation sites excluding steroid dienone is 1. The third-order valence-corrected chi connectivity index (χ3v) is 2.94. The molecule has 0 fully saturated rings. The van der Waals surface area contributed by atoms with Gasteiger partial charge >= 0.3 is 0 Å². The molecule has 14 heavy (non-hydrogen) atoms. The third-order valence-electron chi connectivity index (χ3n) is 2.94. The van der Waals surface area contributed by atoms with E-state index in [0.29, 0.717) is 6.42 Å². The molecule has 0 bridgehead atoms. The summed E-state index contributed by atoms with van der Waals surface area (Å²) in [6.07, 6.45) is 6.33. The largest absolute Gasteiger partial charge is 0.385 e. The van der Waals surface area contributed by atoms with Crippen LogP contribution in [0.1, 0.15) is 25.5 Å². The molecule has 1 heterocycles. The van der Waals surface area contributed by atoms with Crippen LogP contribution < -0.4 is 0 Å². The second-order valence-corrected chi connectivity index (χ2v) is 3.96. The zero-order valence-electron chi connectivity index (χ0n) is 8.40. The molecule has 0 radical (unpaired) electrons. The fourth-order valence-corrected chi connectivity index (χ4v) is 1.94. The first kappa shape index (κ1) is 9.41. The Morgan fingerprint density at radius 1 is 1.50 bits per heavy atom. The van der Waals surface area contributed by atoms with Gasteiger partial charge in [-0.15, -0.1) is 0 Å². The quantitative estimate of drug-likeness (QED) is 0.723. The number of aromatic nitrogens is 1. The standard InChI is InChI=1S/C12H15NO/c1-10-5-4-7-12(10,14)9-11-6-2-3-8-13-11/h2-3,5-6,8,14H,4,7,9H2,1H3. The van der Waals surface area contributed by atoms with E-state index in [4.69, 9.17) is 0 Å². The molecule has 1 aromatic rings. The number of hydrogen-bond acceptors (Lipinski definition) is 2. The first-order valence-corrected chi connectivity index (χ1v) is 5.00. The van der Waals surface area contributed by atoms with Crippen molar-refractivity contribution in [1.29, 1.82) is 0 Å². The minimum atomic E-state index is -0.644. The molecule has 1 atom stereocenters. The monoisotopic (exact) mass is 189 g/mol. The number of aliphatic hydroxyl groups is 1. The average molecular weight is 189 g/mol. The van der Waals surface area contributed by atoms with Gasteiger partial charge in [-0.05, 0) is 37.5 Å². The van der Waals surface area contributed by atoms with Crippen molar-refractivity contribution >= 4 is 0 Å². The fourth-order valence-electron chi connectivity index (χ4n) is 1.94. The third kappa shape index (κ3) is 1.70. The van der Waals surface area contributed by atoms with E-state index in [0.717, 1.165) is 24.1 Å². The van der Waals surface area contributed by atoms with Crippen molar-refractivity contribution in [2.75, 3.05) is 0 Å². The molecule has 1 aliphatic carbocycles. The lowest BCUT2D eigenvalue weighted by atomic mass is 9.91. The van der Waals surface area contributed by atoms with Crippen LogP contribution >= 0.6 is 0 Å². The van der Waals surface area contributed by atoms with Gasteiger partial charge in [0.1, 0.15) is 0 Å². The highest BCUT2D eigenvalue weighted by Crippen LogP contribution is 2.32. The van der Waals surface area contributed by atoms with Gasteiger partial charge in [0.05, 0.1) is 5.60 Å². The van der Waals surface area contributed by atoms with Crippen molar-refractivity contribution in [1.82, 2.24) is 4.98 Å². The summed E-state index contributed by atoms with van der Waals surface area (Å²) in [6, 6.07) is 5.81. The summed E-state index contributed by atoms with van der Waals surface area (Å²) in [7, 11) is 0. The van der Waals surface area contributed by atoms with Crippen LogP contribution in [0.25, 0.3) is 0 Å². The number of hydrogen-bond donors (Lipinski definition) is 1. The Morgan fingerprint density at radius 3 is 2.93 bits per heavy atom. The van der Waals surface area contributed by atoms with E-state index in [-0.39, 0.29) is 0 Å². The Balaban J connectivity index is 2.15. The molecule has 2 rings (SSSR count). The number of rotatable bonds is 2. The minimum Gasteiger partial charge on any atom is -0.385 e. The zero-order valence-corrected chi connectivity index (χ0v) is 8.40. The zero-order chi connectivity index (χ0) is 10.0. The molecule has 1 aliphatic rings. The van der Waals surface area contributed by atoms with Gasteiger partial charge < -0.3 is 5.11 Å². The Hall–Kier alpha value is -1.15. The molecule has 0 saturated heterocycles. The van der Waals surface area contributed by atoms with Crippen molar-refractivity contribution < 1.29 is 5.11 Å². The molecule has 1 aromatic heterocycles. The first-order valence-electron chi connectivity index (χ1n) is 5.00. The SMILES string of the molecule is CC1=CCCC1(O)Cc1ccccn1. The van der Waals surface area contributed by atoms with Crippen LogP contribution in [0, 0.1) is 0 Å². The van der Waals surface area contributed by atoms with Crippen LogP contribution in [0.3, 0.4) is 0 Å². The molecule has 1 unspecified atom stereocenters. The lowest BCUT2D eigenvalue weighted by molar-refractivity contribution is 0.0788. The van der Waals surface area contributed by atoms with Crippen molar-refractivity contribution in [3.05, 3.63) is 41.7 Å².